The highest BCUT2D eigenvalue weighted by molar-refractivity contribution is 9.10. The van der Waals surface area contributed by atoms with Gasteiger partial charge in [0.2, 0.25) is 0 Å². The van der Waals surface area contributed by atoms with Crippen molar-refractivity contribution in [3.05, 3.63) is 28.5 Å². The zero-order chi connectivity index (χ0) is 13.4. The smallest absolute Gasteiger partial charge is 0.0587 e. The summed E-state index contributed by atoms with van der Waals surface area (Å²) >= 11 is 3.47. The first-order chi connectivity index (χ1) is 8.59. The van der Waals surface area contributed by atoms with Gasteiger partial charge >= 0.3 is 0 Å². The molecule has 1 aromatic heterocycles. The average molecular weight is 315 g/mol. The molecule has 0 aliphatic heterocycles. The van der Waals surface area contributed by atoms with Crippen LogP contribution in [-0.2, 0) is 11.2 Å². The van der Waals surface area contributed by atoms with E-state index in [2.05, 4.69) is 46.1 Å². The van der Waals surface area contributed by atoms with Crippen LogP contribution in [0.5, 0.6) is 0 Å². The van der Waals surface area contributed by atoms with Crippen molar-refractivity contribution < 1.29 is 4.74 Å². The lowest BCUT2D eigenvalue weighted by Crippen LogP contribution is -2.34. The average Bonchev–Trinajstić information content (AvgIpc) is 2.35. The highest BCUT2D eigenvalue weighted by Crippen LogP contribution is 2.26. The summed E-state index contributed by atoms with van der Waals surface area (Å²) in [5, 5.41) is 3.46. The molecule has 102 valence electrons. The van der Waals surface area contributed by atoms with Crippen LogP contribution >= 0.6 is 15.9 Å². The number of pyridine rings is 1. The van der Waals surface area contributed by atoms with Crippen LogP contribution in [0.15, 0.2) is 22.9 Å². The number of nitrogens with zero attached hydrogens (tertiary/aromatic N) is 1. The molecule has 1 unspecified atom stereocenters. The van der Waals surface area contributed by atoms with Gasteiger partial charge in [-0.25, -0.2) is 0 Å². The summed E-state index contributed by atoms with van der Waals surface area (Å²) in [5.74, 6) is 0. The Bertz CT molecular complexity index is 359. The maximum atomic E-state index is 5.05. The van der Waals surface area contributed by atoms with Gasteiger partial charge in [0.25, 0.3) is 0 Å². The first-order valence-electron chi connectivity index (χ1n) is 6.39. The van der Waals surface area contributed by atoms with Crippen molar-refractivity contribution in [2.75, 3.05) is 26.8 Å². The quantitative estimate of drug-likeness (QED) is 0.749. The summed E-state index contributed by atoms with van der Waals surface area (Å²) in [5.41, 5.74) is 1.54. The molecule has 0 saturated heterocycles. The summed E-state index contributed by atoms with van der Waals surface area (Å²) in [4.78, 5) is 4.23. The Labute approximate surface area is 118 Å². The SMILES string of the molecule is CCC(C)(CNCCOC)Cc1cncc(Br)c1. The maximum Gasteiger partial charge on any atom is 0.0587 e. The normalized spacial score (nSPS) is 14.4. The number of ether oxygens (including phenoxy) is 1. The van der Waals surface area contributed by atoms with Crippen molar-refractivity contribution in [2.24, 2.45) is 5.41 Å². The number of hydrogen-bond donors (Lipinski definition) is 1. The number of hydrogen-bond acceptors (Lipinski definition) is 3. The fourth-order valence-electron chi connectivity index (χ4n) is 1.92. The van der Waals surface area contributed by atoms with Gasteiger partial charge in [-0.05, 0) is 45.8 Å². The summed E-state index contributed by atoms with van der Waals surface area (Å²) in [6.45, 7) is 7.22. The van der Waals surface area contributed by atoms with Crippen molar-refractivity contribution >= 4 is 15.9 Å². The fourth-order valence-corrected chi connectivity index (χ4v) is 2.33. The predicted molar refractivity (Wildman–Crippen MR) is 78.8 cm³/mol. The second-order valence-corrected chi connectivity index (χ2v) is 5.94. The monoisotopic (exact) mass is 314 g/mol. The number of halogens is 1. The molecule has 0 aliphatic carbocycles. The van der Waals surface area contributed by atoms with Crippen molar-refractivity contribution in [2.45, 2.75) is 26.7 Å². The standard InChI is InChI=1S/C14H23BrN2O/c1-4-14(2,11-16-5-6-18-3)8-12-7-13(15)10-17-9-12/h7,9-10,16H,4-6,8,11H2,1-3H3. The van der Waals surface area contributed by atoms with E-state index in [1.165, 1.54) is 5.56 Å². The Morgan fingerprint density at radius 1 is 1.44 bits per heavy atom. The van der Waals surface area contributed by atoms with Crippen molar-refractivity contribution in [3.8, 4) is 0 Å². The van der Waals surface area contributed by atoms with Gasteiger partial charge in [0, 0.05) is 37.1 Å². The Hall–Kier alpha value is -0.450. The molecule has 1 atom stereocenters. The second-order valence-electron chi connectivity index (χ2n) is 5.02. The molecule has 0 fully saturated rings. The van der Waals surface area contributed by atoms with Crippen molar-refractivity contribution in [1.82, 2.24) is 10.3 Å². The van der Waals surface area contributed by atoms with Crippen LogP contribution in [0.1, 0.15) is 25.8 Å². The van der Waals surface area contributed by atoms with Gasteiger partial charge in [-0.1, -0.05) is 13.8 Å². The molecule has 4 heteroatoms. The minimum atomic E-state index is 0.260. The van der Waals surface area contributed by atoms with Crippen molar-refractivity contribution in [3.63, 3.8) is 0 Å². The third kappa shape index (κ3) is 5.46. The van der Waals surface area contributed by atoms with Crippen LogP contribution in [0.3, 0.4) is 0 Å². The van der Waals surface area contributed by atoms with E-state index in [1.54, 1.807) is 7.11 Å². The predicted octanol–water partition coefficient (Wildman–Crippen LogP) is 3.04. The Balaban J connectivity index is 2.53. The van der Waals surface area contributed by atoms with E-state index in [-0.39, 0.29) is 5.41 Å². The lowest BCUT2D eigenvalue weighted by molar-refractivity contribution is 0.191. The zero-order valence-corrected chi connectivity index (χ0v) is 13.1. The molecule has 3 nitrogen and oxygen atoms in total. The Morgan fingerprint density at radius 3 is 2.83 bits per heavy atom. The molecule has 0 bridgehead atoms. The highest BCUT2D eigenvalue weighted by atomic mass is 79.9. The molecule has 1 rings (SSSR count). The summed E-state index contributed by atoms with van der Waals surface area (Å²) in [6.07, 6.45) is 5.95. The number of rotatable bonds is 8. The van der Waals surface area contributed by atoms with E-state index in [0.717, 1.165) is 37.0 Å². The fraction of sp³-hybridized carbons (Fsp3) is 0.643. The van der Waals surface area contributed by atoms with Gasteiger partial charge in [-0.3, -0.25) is 4.98 Å². The summed E-state index contributed by atoms with van der Waals surface area (Å²) < 4.78 is 6.09. The molecule has 0 radical (unpaired) electrons. The molecule has 1 N–H and O–H groups in total. The van der Waals surface area contributed by atoms with E-state index in [1.807, 2.05) is 12.4 Å². The molecular formula is C14H23BrN2O. The molecule has 0 aliphatic rings. The summed E-state index contributed by atoms with van der Waals surface area (Å²) in [6, 6.07) is 2.15. The largest absolute Gasteiger partial charge is 0.383 e. The van der Waals surface area contributed by atoms with E-state index < -0.39 is 0 Å². The van der Waals surface area contributed by atoms with Gasteiger partial charge in [0.1, 0.15) is 0 Å². The van der Waals surface area contributed by atoms with Crippen LogP contribution in [0.4, 0.5) is 0 Å². The zero-order valence-electron chi connectivity index (χ0n) is 11.5. The van der Waals surface area contributed by atoms with Crippen LogP contribution in [-0.4, -0.2) is 31.8 Å². The van der Waals surface area contributed by atoms with Gasteiger partial charge in [-0.2, -0.15) is 0 Å². The second kappa shape index (κ2) is 7.87. The lowest BCUT2D eigenvalue weighted by Gasteiger charge is -2.28. The molecule has 18 heavy (non-hydrogen) atoms. The minimum Gasteiger partial charge on any atom is -0.383 e. The number of aromatic nitrogens is 1. The summed E-state index contributed by atoms with van der Waals surface area (Å²) in [7, 11) is 1.73. The highest BCUT2D eigenvalue weighted by Gasteiger charge is 2.22. The van der Waals surface area contributed by atoms with Crippen molar-refractivity contribution in [1.29, 1.82) is 0 Å². The van der Waals surface area contributed by atoms with Crippen LogP contribution < -0.4 is 5.32 Å². The first kappa shape index (κ1) is 15.6. The van der Waals surface area contributed by atoms with E-state index in [4.69, 9.17) is 4.74 Å². The maximum absolute atomic E-state index is 5.05. The molecule has 1 aromatic rings. The van der Waals surface area contributed by atoms with Crippen LogP contribution in [0.25, 0.3) is 0 Å². The van der Waals surface area contributed by atoms with Gasteiger partial charge in [0.15, 0.2) is 0 Å². The molecule has 0 saturated carbocycles. The van der Waals surface area contributed by atoms with Gasteiger partial charge in [0.05, 0.1) is 6.61 Å². The minimum absolute atomic E-state index is 0.260. The topological polar surface area (TPSA) is 34.1 Å². The molecule has 0 amide bonds. The Kier molecular flexibility index (Phi) is 6.82. The van der Waals surface area contributed by atoms with E-state index in [0.29, 0.717) is 0 Å². The number of nitrogens with one attached hydrogen (secondary N) is 1. The van der Waals surface area contributed by atoms with Gasteiger partial charge < -0.3 is 10.1 Å². The lowest BCUT2D eigenvalue weighted by atomic mass is 9.81. The molecule has 0 aromatic carbocycles. The third-order valence-corrected chi connectivity index (χ3v) is 3.71. The Morgan fingerprint density at radius 2 is 2.22 bits per heavy atom. The molecule has 1 heterocycles. The van der Waals surface area contributed by atoms with E-state index in [9.17, 15) is 0 Å². The van der Waals surface area contributed by atoms with E-state index >= 15 is 0 Å². The third-order valence-electron chi connectivity index (χ3n) is 3.28. The molecule has 0 spiro atoms. The first-order valence-corrected chi connectivity index (χ1v) is 7.18. The molecular weight excluding hydrogens is 292 g/mol. The van der Waals surface area contributed by atoms with Gasteiger partial charge in [-0.15, -0.1) is 0 Å². The van der Waals surface area contributed by atoms with Crippen LogP contribution in [0.2, 0.25) is 0 Å². The van der Waals surface area contributed by atoms with Crippen LogP contribution in [0, 0.1) is 5.41 Å². The number of methoxy groups -OCH3 is 1.